The Bertz CT molecular complexity index is 465. The fourth-order valence-corrected chi connectivity index (χ4v) is 2.01. The molecular formula is C21H41N3O4. The van der Waals surface area contributed by atoms with Crippen molar-refractivity contribution in [1.29, 1.82) is 0 Å². The minimum Gasteiger partial charge on any atom is -0.460 e. The molecule has 164 valence electrons. The van der Waals surface area contributed by atoms with Crippen molar-refractivity contribution in [3.63, 3.8) is 0 Å². The fraction of sp³-hybridized carbons (Fsp3) is 0.667. The Labute approximate surface area is 171 Å². The van der Waals surface area contributed by atoms with Crippen LogP contribution in [-0.2, 0) is 19.1 Å². The number of esters is 1. The number of carbonyl (C=O) groups excluding carboxylic acids is 3. The number of amides is 1. The third-order valence-corrected chi connectivity index (χ3v) is 3.51. The van der Waals surface area contributed by atoms with E-state index in [-0.39, 0.29) is 37.3 Å². The molecule has 0 saturated heterocycles. The molecule has 4 N–H and O–H groups in total. The summed E-state index contributed by atoms with van der Waals surface area (Å²) in [5.41, 5.74) is 6.05. The number of hydrogen-bond donors (Lipinski definition) is 3. The summed E-state index contributed by atoms with van der Waals surface area (Å²) in [6.07, 6.45) is 2.71. The molecule has 0 aliphatic rings. The lowest BCUT2D eigenvalue weighted by Gasteiger charge is -2.20. The van der Waals surface area contributed by atoms with Gasteiger partial charge in [0.15, 0.2) is 0 Å². The lowest BCUT2D eigenvalue weighted by Crippen LogP contribution is -2.39. The quantitative estimate of drug-likeness (QED) is 0.324. The number of ether oxygens (including phenoxy) is 1. The lowest BCUT2D eigenvalue weighted by molar-refractivity contribution is -0.145. The minimum atomic E-state index is -0.558. The molecule has 0 radical (unpaired) electrons. The Morgan fingerprint density at radius 1 is 1.07 bits per heavy atom. The summed E-state index contributed by atoms with van der Waals surface area (Å²) in [4.78, 5) is 35.1. The maximum Gasteiger partial charge on any atom is 0.323 e. The van der Waals surface area contributed by atoms with Crippen molar-refractivity contribution >= 4 is 17.7 Å². The second-order valence-corrected chi connectivity index (χ2v) is 5.55. The van der Waals surface area contributed by atoms with Crippen molar-refractivity contribution in [1.82, 2.24) is 10.6 Å². The topological polar surface area (TPSA) is 111 Å². The van der Waals surface area contributed by atoms with Crippen LogP contribution in [0.1, 0.15) is 60.3 Å². The van der Waals surface area contributed by atoms with Crippen molar-refractivity contribution in [3.8, 4) is 0 Å². The van der Waals surface area contributed by atoms with Crippen molar-refractivity contribution in [2.24, 2.45) is 5.73 Å². The van der Waals surface area contributed by atoms with Gasteiger partial charge in [0.1, 0.15) is 18.4 Å². The van der Waals surface area contributed by atoms with Gasteiger partial charge < -0.3 is 21.1 Å². The second kappa shape index (κ2) is 21.3. The van der Waals surface area contributed by atoms with Gasteiger partial charge in [0, 0.05) is 18.9 Å². The van der Waals surface area contributed by atoms with E-state index in [1.165, 1.54) is 6.08 Å². The molecule has 0 aromatic carbocycles. The molecule has 0 bridgehead atoms. The number of rotatable bonds is 13. The highest BCUT2D eigenvalue weighted by Crippen LogP contribution is 2.08. The van der Waals surface area contributed by atoms with Gasteiger partial charge in [0.05, 0.1) is 6.54 Å². The van der Waals surface area contributed by atoms with Gasteiger partial charge in [-0.25, -0.2) is 0 Å². The maximum atomic E-state index is 12.1. The average Bonchev–Trinajstić information content (AvgIpc) is 2.72. The SMILES string of the molecule is C=CCOC(=O)C(CCC(=O)NC(CCC(=O)CN)C(=C)C)NC.CC.CC. The van der Waals surface area contributed by atoms with Crippen molar-refractivity contribution in [2.45, 2.75) is 72.4 Å². The molecule has 28 heavy (non-hydrogen) atoms. The predicted octanol–water partition coefficient (Wildman–Crippen LogP) is 2.51. The van der Waals surface area contributed by atoms with Crippen LogP contribution in [0.5, 0.6) is 0 Å². The van der Waals surface area contributed by atoms with Gasteiger partial charge in [0.2, 0.25) is 5.91 Å². The van der Waals surface area contributed by atoms with Gasteiger partial charge in [-0.2, -0.15) is 0 Å². The van der Waals surface area contributed by atoms with Gasteiger partial charge in [-0.15, -0.1) is 0 Å². The Kier molecular flexibility index (Phi) is 23.4. The highest BCUT2D eigenvalue weighted by Gasteiger charge is 2.20. The summed E-state index contributed by atoms with van der Waals surface area (Å²) in [5, 5.41) is 5.65. The number of hydrogen-bond acceptors (Lipinski definition) is 6. The molecule has 7 nitrogen and oxygen atoms in total. The third kappa shape index (κ3) is 16.2. The highest BCUT2D eigenvalue weighted by molar-refractivity contribution is 5.81. The molecule has 0 aromatic heterocycles. The molecule has 7 heteroatoms. The van der Waals surface area contributed by atoms with Gasteiger partial charge >= 0.3 is 5.97 Å². The van der Waals surface area contributed by atoms with Crippen molar-refractivity contribution < 1.29 is 19.1 Å². The van der Waals surface area contributed by atoms with Crippen LogP contribution in [0, 0.1) is 0 Å². The molecule has 0 heterocycles. The molecule has 0 aliphatic heterocycles. The molecule has 0 aliphatic carbocycles. The van der Waals surface area contributed by atoms with Crippen molar-refractivity contribution in [2.75, 3.05) is 20.2 Å². The Balaban J connectivity index is -0.00000146. The third-order valence-electron chi connectivity index (χ3n) is 3.51. The standard InChI is InChI=1S/C17H29N3O4.2C2H6/c1-5-10-24-17(23)15(19-4)8-9-16(22)20-14(12(2)3)7-6-13(21)11-18;2*1-2/h5,14-15,19H,1-2,6-11,18H2,3-4H3,(H,20,22);2*1-2H3. The Morgan fingerprint density at radius 3 is 2.04 bits per heavy atom. The average molecular weight is 400 g/mol. The molecule has 0 spiro atoms. The predicted molar refractivity (Wildman–Crippen MR) is 116 cm³/mol. The summed E-state index contributed by atoms with van der Waals surface area (Å²) < 4.78 is 4.96. The number of nitrogens with one attached hydrogen (secondary N) is 2. The van der Waals surface area contributed by atoms with E-state index in [0.29, 0.717) is 19.3 Å². The summed E-state index contributed by atoms with van der Waals surface area (Å²) in [6.45, 7) is 17.2. The molecule has 0 saturated carbocycles. The van der Waals surface area contributed by atoms with E-state index in [1.807, 2.05) is 27.7 Å². The Hall–Kier alpha value is -1.99. The van der Waals surface area contributed by atoms with Crippen molar-refractivity contribution in [3.05, 3.63) is 24.8 Å². The van der Waals surface area contributed by atoms with E-state index in [0.717, 1.165) is 5.57 Å². The normalized spacial score (nSPS) is 11.4. The van der Waals surface area contributed by atoms with Crippen LogP contribution in [0.25, 0.3) is 0 Å². The monoisotopic (exact) mass is 399 g/mol. The van der Waals surface area contributed by atoms with E-state index >= 15 is 0 Å². The number of Topliss-reactive ketones (excluding diaryl/α,β-unsaturated/α-hetero) is 1. The molecule has 0 rings (SSSR count). The highest BCUT2D eigenvalue weighted by atomic mass is 16.5. The summed E-state index contributed by atoms with van der Waals surface area (Å²) in [5.74, 6) is -0.689. The smallest absolute Gasteiger partial charge is 0.323 e. The first kappa shape index (κ1) is 30.7. The first-order valence-electron chi connectivity index (χ1n) is 9.97. The zero-order valence-corrected chi connectivity index (χ0v) is 18.6. The fourth-order valence-electron chi connectivity index (χ4n) is 2.01. The number of nitrogens with two attached hydrogens (primary N) is 1. The van der Waals surface area contributed by atoms with Crippen LogP contribution in [0.3, 0.4) is 0 Å². The maximum absolute atomic E-state index is 12.1. The van der Waals surface area contributed by atoms with E-state index in [9.17, 15) is 14.4 Å². The van der Waals surface area contributed by atoms with E-state index in [4.69, 9.17) is 10.5 Å². The van der Waals surface area contributed by atoms with E-state index < -0.39 is 12.0 Å². The molecule has 0 fully saturated rings. The van der Waals surface area contributed by atoms with Crippen LogP contribution >= 0.6 is 0 Å². The summed E-state index contributed by atoms with van der Waals surface area (Å²) in [7, 11) is 1.63. The molecule has 2 atom stereocenters. The number of likely N-dealkylation sites (N-methyl/N-ethyl adjacent to an activating group) is 1. The van der Waals surface area contributed by atoms with Crippen LogP contribution < -0.4 is 16.4 Å². The van der Waals surface area contributed by atoms with Crippen LogP contribution in [-0.4, -0.2) is 49.9 Å². The molecular weight excluding hydrogens is 358 g/mol. The van der Waals surface area contributed by atoms with Crippen LogP contribution in [0.2, 0.25) is 0 Å². The molecule has 0 aromatic rings. The van der Waals surface area contributed by atoms with Gasteiger partial charge in [-0.05, 0) is 26.8 Å². The summed E-state index contributed by atoms with van der Waals surface area (Å²) in [6, 6.07) is -0.841. The van der Waals surface area contributed by atoms with E-state index in [2.05, 4.69) is 23.8 Å². The van der Waals surface area contributed by atoms with Gasteiger partial charge in [0.25, 0.3) is 0 Å². The second-order valence-electron chi connectivity index (χ2n) is 5.55. The zero-order valence-electron chi connectivity index (χ0n) is 18.6. The number of ketones is 1. The Morgan fingerprint density at radius 2 is 1.61 bits per heavy atom. The molecule has 1 amide bonds. The minimum absolute atomic E-state index is 0.00642. The first-order valence-corrected chi connectivity index (χ1v) is 9.97. The largest absolute Gasteiger partial charge is 0.460 e. The summed E-state index contributed by atoms with van der Waals surface area (Å²) >= 11 is 0. The first-order chi connectivity index (χ1) is 13.3. The van der Waals surface area contributed by atoms with Crippen LogP contribution in [0.4, 0.5) is 0 Å². The van der Waals surface area contributed by atoms with Gasteiger partial charge in [-0.1, -0.05) is 52.5 Å². The number of carbonyl (C=O) groups is 3. The van der Waals surface area contributed by atoms with Crippen LogP contribution in [0.15, 0.2) is 24.8 Å². The zero-order chi connectivity index (χ0) is 22.5. The van der Waals surface area contributed by atoms with E-state index in [1.54, 1.807) is 14.0 Å². The molecule has 2 unspecified atom stereocenters. The lowest BCUT2D eigenvalue weighted by atomic mass is 10.0. The van der Waals surface area contributed by atoms with Gasteiger partial charge in [-0.3, -0.25) is 14.4 Å².